The number of hydrogen-bond acceptors (Lipinski definition) is 4. The van der Waals surface area contributed by atoms with E-state index in [1.54, 1.807) is 6.92 Å². The van der Waals surface area contributed by atoms with E-state index in [2.05, 4.69) is 5.32 Å². The fraction of sp³-hybridized carbons (Fsp3) is 0.818. The molecule has 0 saturated carbocycles. The highest BCUT2D eigenvalue weighted by atomic mass is 32.2. The van der Waals surface area contributed by atoms with Gasteiger partial charge in [0, 0.05) is 1.43 Å². The topological polar surface area (TPSA) is 49.4 Å². The van der Waals surface area contributed by atoms with Crippen molar-refractivity contribution >= 4 is 23.5 Å². The van der Waals surface area contributed by atoms with Gasteiger partial charge in [0.15, 0.2) is 5.78 Å². The second-order valence-corrected chi connectivity index (χ2v) is 5.69. The molecule has 3 unspecified atom stereocenters. The van der Waals surface area contributed by atoms with E-state index in [9.17, 15) is 9.59 Å². The van der Waals surface area contributed by atoms with Crippen LogP contribution in [-0.2, 0) is 9.59 Å². The summed E-state index contributed by atoms with van der Waals surface area (Å²) in [5.74, 6) is 1.21. The lowest BCUT2D eigenvalue weighted by Gasteiger charge is -2.28. The molecule has 16 heavy (non-hydrogen) atoms. The molecule has 2 rings (SSSR count). The second kappa shape index (κ2) is 4.75. The van der Waals surface area contributed by atoms with E-state index in [0.29, 0.717) is 0 Å². The van der Waals surface area contributed by atoms with Gasteiger partial charge in [-0.2, -0.15) is 0 Å². The molecule has 4 nitrogen and oxygen atoms in total. The molecule has 2 heterocycles. The van der Waals surface area contributed by atoms with Crippen LogP contribution in [0.3, 0.4) is 0 Å². The van der Waals surface area contributed by atoms with Crippen molar-refractivity contribution in [1.29, 1.82) is 0 Å². The fourth-order valence-corrected chi connectivity index (χ4v) is 3.89. The molecule has 2 saturated heterocycles. The highest BCUT2D eigenvalue weighted by Gasteiger charge is 2.43. The molecule has 1 amide bonds. The van der Waals surface area contributed by atoms with Gasteiger partial charge in [-0.05, 0) is 39.0 Å². The van der Waals surface area contributed by atoms with Crippen molar-refractivity contribution in [2.75, 3.05) is 12.8 Å². The zero-order valence-corrected chi connectivity index (χ0v) is 10.5. The first-order valence-electron chi connectivity index (χ1n) is 5.76. The Bertz CT molecular complexity index is 314. The number of likely N-dealkylation sites (N-methyl/N-ethyl adjacent to an activating group) is 1. The van der Waals surface area contributed by atoms with Crippen LogP contribution in [0.2, 0.25) is 0 Å². The number of rotatable bonds is 2. The molecule has 0 radical (unpaired) electrons. The first-order chi connectivity index (χ1) is 7.65. The highest BCUT2D eigenvalue weighted by Crippen LogP contribution is 2.35. The zero-order chi connectivity index (χ0) is 11.7. The zero-order valence-electron chi connectivity index (χ0n) is 9.73. The molecule has 0 aromatic carbocycles. The molecule has 0 bridgehead atoms. The fourth-order valence-electron chi connectivity index (χ4n) is 2.53. The minimum atomic E-state index is -0.182. The summed E-state index contributed by atoms with van der Waals surface area (Å²) in [5, 5.41) is 3.27. The Kier molecular flexibility index (Phi) is 3.54. The molecule has 5 heteroatoms. The van der Waals surface area contributed by atoms with Crippen LogP contribution in [0.5, 0.6) is 0 Å². The Balaban J connectivity index is 0.00000144. The van der Waals surface area contributed by atoms with Gasteiger partial charge in [0.1, 0.15) is 0 Å². The Morgan fingerprint density at radius 2 is 2.25 bits per heavy atom. The van der Waals surface area contributed by atoms with E-state index in [1.807, 2.05) is 23.7 Å². The van der Waals surface area contributed by atoms with E-state index in [1.165, 1.54) is 0 Å². The largest absolute Gasteiger partial charge is 0.319 e. The van der Waals surface area contributed by atoms with Crippen molar-refractivity contribution in [2.24, 2.45) is 0 Å². The summed E-state index contributed by atoms with van der Waals surface area (Å²) in [6.45, 7) is 1.59. The van der Waals surface area contributed by atoms with Crippen molar-refractivity contribution in [1.82, 2.24) is 10.2 Å². The molecule has 0 aliphatic carbocycles. The van der Waals surface area contributed by atoms with E-state index >= 15 is 0 Å². The van der Waals surface area contributed by atoms with Gasteiger partial charge in [-0.1, -0.05) is 0 Å². The summed E-state index contributed by atoms with van der Waals surface area (Å²) in [7, 11) is 1.81. The van der Waals surface area contributed by atoms with E-state index in [4.69, 9.17) is 0 Å². The lowest BCUT2D eigenvalue weighted by Crippen LogP contribution is -2.50. The summed E-state index contributed by atoms with van der Waals surface area (Å²) < 4.78 is 0. The van der Waals surface area contributed by atoms with Crippen molar-refractivity contribution in [3.8, 4) is 0 Å². The number of carbonyl (C=O) groups excluding carboxylic acids is 2. The van der Waals surface area contributed by atoms with Gasteiger partial charge in [-0.25, -0.2) is 0 Å². The quantitative estimate of drug-likeness (QED) is 0.783. The molecule has 0 aromatic heterocycles. The number of Topliss-reactive ketones (excluding diaryl/α,β-unsaturated/α-hetero) is 1. The molecule has 2 aliphatic rings. The summed E-state index contributed by atoms with van der Waals surface area (Å²) in [4.78, 5) is 25.6. The molecule has 1 N–H and O–H groups in total. The predicted molar refractivity (Wildman–Crippen MR) is 66.4 cm³/mol. The van der Waals surface area contributed by atoms with Crippen LogP contribution in [-0.4, -0.2) is 46.8 Å². The SMILES string of the molecule is CNC1CCSC2CCC(C(C)=O)N2C1=O.[HH]. The van der Waals surface area contributed by atoms with Gasteiger partial charge in [-0.3, -0.25) is 9.59 Å². The maximum Gasteiger partial charge on any atom is 0.241 e. The molecule has 2 aliphatic heterocycles. The minimum absolute atomic E-state index is 0. The number of nitrogens with zero attached hydrogens (tertiary/aromatic N) is 1. The van der Waals surface area contributed by atoms with Crippen LogP contribution in [0.25, 0.3) is 0 Å². The third-order valence-corrected chi connectivity index (χ3v) is 4.74. The first kappa shape index (κ1) is 11.9. The van der Waals surface area contributed by atoms with Crippen molar-refractivity contribution < 1.29 is 11.0 Å². The van der Waals surface area contributed by atoms with Gasteiger partial charge in [0.25, 0.3) is 0 Å². The average molecular weight is 244 g/mol. The Hall–Kier alpha value is -0.550. The smallest absolute Gasteiger partial charge is 0.241 e. The number of ketones is 1. The molecule has 2 fully saturated rings. The first-order valence-corrected chi connectivity index (χ1v) is 6.81. The van der Waals surface area contributed by atoms with Gasteiger partial charge in [0.05, 0.1) is 17.5 Å². The van der Waals surface area contributed by atoms with Gasteiger partial charge in [-0.15, -0.1) is 11.8 Å². The van der Waals surface area contributed by atoms with Gasteiger partial charge in [0.2, 0.25) is 5.91 Å². The van der Waals surface area contributed by atoms with Gasteiger partial charge >= 0.3 is 0 Å². The normalized spacial score (nSPS) is 34.8. The van der Waals surface area contributed by atoms with E-state index in [-0.39, 0.29) is 30.6 Å². The van der Waals surface area contributed by atoms with Crippen LogP contribution in [0.4, 0.5) is 0 Å². The van der Waals surface area contributed by atoms with E-state index < -0.39 is 0 Å². The number of nitrogens with one attached hydrogen (secondary N) is 1. The molecule has 92 valence electrons. The van der Waals surface area contributed by atoms with Crippen LogP contribution >= 0.6 is 11.8 Å². The van der Waals surface area contributed by atoms with Crippen molar-refractivity contribution in [2.45, 2.75) is 43.6 Å². The second-order valence-electron chi connectivity index (χ2n) is 4.40. The molecule has 0 spiro atoms. The number of thioether (sulfide) groups is 1. The number of hydrogen-bond donors (Lipinski definition) is 1. The lowest BCUT2D eigenvalue weighted by atomic mass is 10.1. The molecular weight excluding hydrogens is 224 g/mol. The monoisotopic (exact) mass is 244 g/mol. The Labute approximate surface area is 102 Å². The minimum Gasteiger partial charge on any atom is -0.319 e. The van der Waals surface area contributed by atoms with Gasteiger partial charge < -0.3 is 10.2 Å². The highest BCUT2D eigenvalue weighted by molar-refractivity contribution is 7.99. The molecular formula is C11H20N2O2S. The van der Waals surface area contributed by atoms with Crippen LogP contribution in [0.1, 0.15) is 27.6 Å². The molecule has 0 aromatic rings. The van der Waals surface area contributed by atoms with E-state index in [0.717, 1.165) is 25.0 Å². The maximum absolute atomic E-state index is 12.3. The number of amides is 1. The molecule has 3 atom stereocenters. The van der Waals surface area contributed by atoms with Crippen LogP contribution in [0, 0.1) is 0 Å². The number of fused-ring (bicyclic) bond motifs is 1. The average Bonchev–Trinajstić information content (AvgIpc) is 2.61. The Morgan fingerprint density at radius 3 is 2.88 bits per heavy atom. The summed E-state index contributed by atoms with van der Waals surface area (Å²) >= 11 is 1.81. The summed E-state index contributed by atoms with van der Waals surface area (Å²) in [6.07, 6.45) is 2.64. The summed E-state index contributed by atoms with van der Waals surface area (Å²) in [6, 6.07) is -0.295. The summed E-state index contributed by atoms with van der Waals surface area (Å²) in [5.41, 5.74) is 0. The van der Waals surface area contributed by atoms with Crippen LogP contribution in [0.15, 0.2) is 0 Å². The standard InChI is InChI=1S/C11H18N2O2S.H2/c1-7(14)9-3-4-10-13(9)11(15)8(12-2)5-6-16-10;/h8-10,12H,3-6H2,1-2H3;1H. The predicted octanol–water partition coefficient (Wildman–Crippen LogP) is 0.863. The Morgan fingerprint density at radius 1 is 1.50 bits per heavy atom. The third-order valence-electron chi connectivity index (χ3n) is 3.42. The van der Waals surface area contributed by atoms with Crippen molar-refractivity contribution in [3.05, 3.63) is 0 Å². The van der Waals surface area contributed by atoms with Crippen molar-refractivity contribution in [3.63, 3.8) is 0 Å². The lowest BCUT2D eigenvalue weighted by molar-refractivity contribution is -0.139. The third kappa shape index (κ3) is 1.98. The van der Waals surface area contributed by atoms with Crippen LogP contribution < -0.4 is 5.32 Å². The maximum atomic E-state index is 12.3. The number of carbonyl (C=O) groups is 2.